The van der Waals surface area contributed by atoms with Crippen molar-refractivity contribution in [1.29, 1.82) is 0 Å². The Kier molecular flexibility index (Phi) is 5.40. The Labute approximate surface area is 131 Å². The van der Waals surface area contributed by atoms with Crippen LogP contribution in [0.3, 0.4) is 0 Å². The molecule has 0 aromatic heterocycles. The molecule has 2 rings (SSSR count). The van der Waals surface area contributed by atoms with E-state index < -0.39 is 0 Å². The Bertz CT molecular complexity index is 624. The van der Waals surface area contributed by atoms with Gasteiger partial charge in [-0.3, -0.25) is 4.79 Å². The van der Waals surface area contributed by atoms with Crippen LogP contribution in [0, 0.1) is 6.92 Å². The summed E-state index contributed by atoms with van der Waals surface area (Å²) in [4.78, 5) is 12.2. The predicted molar refractivity (Wildman–Crippen MR) is 87.5 cm³/mol. The van der Waals surface area contributed by atoms with Crippen LogP contribution in [-0.2, 0) is 11.2 Å². The SMILES string of the molecule is CC[C@@H](NC(=O)Cc1ccccc1Cl)c1ccccc1C. The molecule has 0 aliphatic rings. The molecule has 0 heterocycles. The third-order valence-corrected chi connectivity index (χ3v) is 3.98. The van der Waals surface area contributed by atoms with Crippen LogP contribution in [0.5, 0.6) is 0 Å². The van der Waals surface area contributed by atoms with Crippen LogP contribution in [0.2, 0.25) is 5.02 Å². The first-order valence-corrected chi connectivity index (χ1v) is 7.58. The van der Waals surface area contributed by atoms with Gasteiger partial charge in [0.05, 0.1) is 12.5 Å². The van der Waals surface area contributed by atoms with Crippen molar-refractivity contribution in [3.05, 3.63) is 70.2 Å². The maximum absolute atomic E-state index is 12.2. The molecule has 1 N–H and O–H groups in total. The number of hydrogen-bond acceptors (Lipinski definition) is 1. The number of aryl methyl sites for hydroxylation is 1. The molecule has 0 radical (unpaired) electrons. The van der Waals surface area contributed by atoms with Gasteiger partial charge < -0.3 is 5.32 Å². The number of amides is 1. The molecule has 3 heteroatoms. The summed E-state index contributed by atoms with van der Waals surface area (Å²) in [6.07, 6.45) is 1.17. The Morgan fingerprint density at radius 1 is 1.14 bits per heavy atom. The van der Waals surface area contributed by atoms with Crippen LogP contribution >= 0.6 is 11.6 Å². The lowest BCUT2D eigenvalue weighted by Gasteiger charge is -2.19. The molecule has 21 heavy (non-hydrogen) atoms. The third kappa shape index (κ3) is 4.08. The first-order valence-electron chi connectivity index (χ1n) is 7.20. The molecule has 0 aliphatic heterocycles. The number of benzene rings is 2. The van der Waals surface area contributed by atoms with Crippen molar-refractivity contribution < 1.29 is 4.79 Å². The monoisotopic (exact) mass is 301 g/mol. The molecule has 0 saturated carbocycles. The Morgan fingerprint density at radius 2 is 1.81 bits per heavy atom. The third-order valence-electron chi connectivity index (χ3n) is 3.62. The lowest BCUT2D eigenvalue weighted by molar-refractivity contribution is -0.121. The number of hydrogen-bond donors (Lipinski definition) is 1. The first-order chi connectivity index (χ1) is 10.1. The van der Waals surface area contributed by atoms with Gasteiger partial charge in [0.15, 0.2) is 0 Å². The quantitative estimate of drug-likeness (QED) is 0.868. The van der Waals surface area contributed by atoms with E-state index in [-0.39, 0.29) is 11.9 Å². The number of halogens is 1. The zero-order chi connectivity index (χ0) is 15.2. The number of nitrogens with one attached hydrogen (secondary N) is 1. The summed E-state index contributed by atoms with van der Waals surface area (Å²) in [5, 5.41) is 3.74. The Hall–Kier alpha value is -1.80. The molecule has 2 aromatic rings. The fourth-order valence-electron chi connectivity index (χ4n) is 2.44. The summed E-state index contributed by atoms with van der Waals surface area (Å²) >= 11 is 6.10. The van der Waals surface area contributed by atoms with E-state index >= 15 is 0 Å². The van der Waals surface area contributed by atoms with E-state index in [9.17, 15) is 4.79 Å². The molecule has 1 amide bonds. The van der Waals surface area contributed by atoms with E-state index in [0.717, 1.165) is 12.0 Å². The van der Waals surface area contributed by atoms with Crippen LogP contribution in [0.1, 0.15) is 36.1 Å². The molecular weight excluding hydrogens is 282 g/mol. The van der Waals surface area contributed by atoms with E-state index in [2.05, 4.69) is 31.3 Å². The molecule has 1 atom stereocenters. The maximum Gasteiger partial charge on any atom is 0.224 e. The van der Waals surface area contributed by atoms with Gasteiger partial charge in [0, 0.05) is 5.02 Å². The highest BCUT2D eigenvalue weighted by Crippen LogP contribution is 2.21. The summed E-state index contributed by atoms with van der Waals surface area (Å²) in [5.74, 6) is -0.00166. The minimum Gasteiger partial charge on any atom is -0.349 e. The Morgan fingerprint density at radius 3 is 2.48 bits per heavy atom. The van der Waals surface area contributed by atoms with Gasteiger partial charge >= 0.3 is 0 Å². The average molecular weight is 302 g/mol. The van der Waals surface area contributed by atoms with Gasteiger partial charge in [0.1, 0.15) is 0 Å². The molecule has 2 nitrogen and oxygen atoms in total. The smallest absolute Gasteiger partial charge is 0.224 e. The van der Waals surface area contributed by atoms with Crippen molar-refractivity contribution >= 4 is 17.5 Å². The van der Waals surface area contributed by atoms with Crippen LogP contribution in [0.15, 0.2) is 48.5 Å². The van der Waals surface area contributed by atoms with Crippen molar-refractivity contribution in [1.82, 2.24) is 5.32 Å². The lowest BCUT2D eigenvalue weighted by atomic mass is 9.99. The van der Waals surface area contributed by atoms with E-state index in [4.69, 9.17) is 11.6 Å². The number of carbonyl (C=O) groups excluding carboxylic acids is 1. The number of carbonyl (C=O) groups is 1. The van der Waals surface area contributed by atoms with Gasteiger partial charge in [-0.2, -0.15) is 0 Å². The molecule has 110 valence electrons. The number of rotatable bonds is 5. The van der Waals surface area contributed by atoms with Crippen LogP contribution in [-0.4, -0.2) is 5.91 Å². The second kappa shape index (κ2) is 7.28. The van der Waals surface area contributed by atoms with Crippen molar-refractivity contribution in [3.63, 3.8) is 0 Å². The fourth-order valence-corrected chi connectivity index (χ4v) is 2.64. The topological polar surface area (TPSA) is 29.1 Å². The maximum atomic E-state index is 12.2. The molecule has 2 aromatic carbocycles. The van der Waals surface area contributed by atoms with E-state index in [1.807, 2.05) is 36.4 Å². The summed E-state index contributed by atoms with van der Waals surface area (Å²) in [5.41, 5.74) is 3.23. The van der Waals surface area contributed by atoms with Crippen molar-refractivity contribution in [2.45, 2.75) is 32.7 Å². The highest BCUT2D eigenvalue weighted by molar-refractivity contribution is 6.31. The molecule has 0 fully saturated rings. The van der Waals surface area contributed by atoms with Gasteiger partial charge in [0.25, 0.3) is 0 Å². The van der Waals surface area contributed by atoms with Crippen LogP contribution < -0.4 is 5.32 Å². The zero-order valence-corrected chi connectivity index (χ0v) is 13.2. The summed E-state index contributed by atoms with van der Waals surface area (Å²) in [6, 6.07) is 15.7. The standard InChI is InChI=1S/C18H20ClNO/c1-3-17(15-10-6-4-8-13(15)2)20-18(21)12-14-9-5-7-11-16(14)19/h4-11,17H,3,12H2,1-2H3,(H,20,21)/t17-/m1/s1. The highest BCUT2D eigenvalue weighted by atomic mass is 35.5. The molecule has 0 aliphatic carbocycles. The van der Waals surface area contributed by atoms with E-state index in [0.29, 0.717) is 11.4 Å². The van der Waals surface area contributed by atoms with Crippen LogP contribution in [0.25, 0.3) is 0 Å². The largest absolute Gasteiger partial charge is 0.349 e. The normalized spacial score (nSPS) is 12.0. The van der Waals surface area contributed by atoms with Crippen molar-refractivity contribution in [3.8, 4) is 0 Å². The molecular formula is C18H20ClNO. The van der Waals surface area contributed by atoms with Gasteiger partial charge in [-0.25, -0.2) is 0 Å². The molecule has 0 spiro atoms. The van der Waals surface area contributed by atoms with E-state index in [1.165, 1.54) is 11.1 Å². The van der Waals surface area contributed by atoms with Crippen molar-refractivity contribution in [2.75, 3.05) is 0 Å². The van der Waals surface area contributed by atoms with Gasteiger partial charge in [-0.05, 0) is 36.1 Å². The fraction of sp³-hybridized carbons (Fsp3) is 0.278. The summed E-state index contributed by atoms with van der Waals surface area (Å²) in [7, 11) is 0. The first kappa shape index (κ1) is 15.6. The second-order valence-corrected chi connectivity index (χ2v) is 5.56. The second-order valence-electron chi connectivity index (χ2n) is 5.15. The van der Waals surface area contributed by atoms with E-state index in [1.54, 1.807) is 0 Å². The Balaban J connectivity index is 2.07. The van der Waals surface area contributed by atoms with Gasteiger partial charge in [-0.15, -0.1) is 0 Å². The molecule has 0 bridgehead atoms. The van der Waals surface area contributed by atoms with Crippen LogP contribution in [0.4, 0.5) is 0 Å². The predicted octanol–water partition coefficient (Wildman–Crippen LogP) is 4.46. The highest BCUT2D eigenvalue weighted by Gasteiger charge is 2.15. The summed E-state index contributed by atoms with van der Waals surface area (Å²) in [6.45, 7) is 4.14. The lowest BCUT2D eigenvalue weighted by Crippen LogP contribution is -2.30. The average Bonchev–Trinajstić information content (AvgIpc) is 2.48. The van der Waals surface area contributed by atoms with Gasteiger partial charge in [-0.1, -0.05) is 61.0 Å². The zero-order valence-electron chi connectivity index (χ0n) is 12.4. The minimum atomic E-state index is -0.00166. The molecule has 0 saturated heterocycles. The summed E-state index contributed by atoms with van der Waals surface area (Å²) < 4.78 is 0. The van der Waals surface area contributed by atoms with Crippen molar-refractivity contribution in [2.24, 2.45) is 0 Å². The van der Waals surface area contributed by atoms with Gasteiger partial charge in [0.2, 0.25) is 5.91 Å². The minimum absolute atomic E-state index is 0.00166. The molecule has 0 unspecified atom stereocenters.